The van der Waals surface area contributed by atoms with Crippen LogP contribution >= 0.6 is 0 Å². The second-order valence-electron chi connectivity index (χ2n) is 8.10. The summed E-state index contributed by atoms with van der Waals surface area (Å²) in [5, 5.41) is 14.8. The molecule has 0 radical (unpaired) electrons. The van der Waals surface area contributed by atoms with Crippen molar-refractivity contribution in [2.75, 3.05) is 16.8 Å². The molecule has 0 unspecified atom stereocenters. The molecule has 0 saturated carbocycles. The van der Waals surface area contributed by atoms with Crippen LogP contribution in [0, 0.1) is 5.41 Å². The Morgan fingerprint density at radius 2 is 2.03 bits per heavy atom. The number of anilines is 1. The van der Waals surface area contributed by atoms with Crippen molar-refractivity contribution in [3.63, 3.8) is 0 Å². The fourth-order valence-corrected chi connectivity index (χ4v) is 4.80. The number of carbonyl (C=O) groups is 1. The highest BCUT2D eigenvalue weighted by atomic mass is 32.2. The van der Waals surface area contributed by atoms with E-state index in [4.69, 9.17) is 5.41 Å². The lowest BCUT2D eigenvalue weighted by Crippen LogP contribution is -2.61. The summed E-state index contributed by atoms with van der Waals surface area (Å²) in [6.07, 6.45) is 2.17. The van der Waals surface area contributed by atoms with Gasteiger partial charge >= 0.3 is 6.61 Å². The van der Waals surface area contributed by atoms with Crippen molar-refractivity contribution in [1.82, 2.24) is 10.3 Å². The molecule has 3 rings (SSSR count). The quantitative estimate of drug-likeness (QED) is 0.493. The molecule has 0 spiro atoms. The first kappa shape index (κ1) is 23.8. The number of halogens is 2. The molecule has 1 saturated heterocycles. The number of benzene rings is 1. The molecule has 10 heteroatoms. The Morgan fingerprint density at radius 1 is 1.31 bits per heavy atom. The summed E-state index contributed by atoms with van der Waals surface area (Å²) in [4.78, 5) is 17.1. The van der Waals surface area contributed by atoms with Gasteiger partial charge in [0.1, 0.15) is 11.4 Å². The third-order valence-corrected chi connectivity index (χ3v) is 7.04. The van der Waals surface area contributed by atoms with Crippen LogP contribution in [0.25, 0.3) is 0 Å². The molecule has 0 bridgehead atoms. The third kappa shape index (κ3) is 5.67. The predicted octanol–water partition coefficient (Wildman–Crippen LogP) is 3.56. The Bertz CT molecular complexity index is 1040. The largest absolute Gasteiger partial charge is 0.435 e. The minimum atomic E-state index is -2.96. The molecule has 7 nitrogen and oxygen atoms in total. The van der Waals surface area contributed by atoms with Gasteiger partial charge in [0.25, 0.3) is 5.91 Å². The number of hydrogen-bond donors (Lipinski definition) is 3. The first-order valence-corrected chi connectivity index (χ1v) is 11.7. The molecule has 1 atom stereocenters. The van der Waals surface area contributed by atoms with Gasteiger partial charge in [-0.2, -0.15) is 8.78 Å². The maximum absolute atomic E-state index is 12.7. The van der Waals surface area contributed by atoms with Gasteiger partial charge in [0.15, 0.2) is 0 Å². The second-order valence-corrected chi connectivity index (χ2v) is 9.56. The van der Waals surface area contributed by atoms with E-state index >= 15 is 0 Å². The summed E-state index contributed by atoms with van der Waals surface area (Å²) in [6, 6.07) is 7.53. The first-order valence-electron chi connectivity index (χ1n) is 10.2. The normalized spacial score (nSPS) is 20.9. The minimum Gasteiger partial charge on any atom is -0.435 e. The molecule has 2 aromatic rings. The van der Waals surface area contributed by atoms with Crippen LogP contribution in [-0.4, -0.2) is 50.5 Å². The van der Waals surface area contributed by atoms with Gasteiger partial charge in [0, 0.05) is 40.1 Å². The Balaban J connectivity index is 1.90. The summed E-state index contributed by atoms with van der Waals surface area (Å²) in [5.74, 6) is 0.420. The number of rotatable bonds is 9. The van der Waals surface area contributed by atoms with Crippen molar-refractivity contribution >= 4 is 28.1 Å². The molecular formula is C22H26F2N4O3S. The van der Waals surface area contributed by atoms with Crippen LogP contribution in [0.4, 0.5) is 14.5 Å². The van der Waals surface area contributed by atoms with Gasteiger partial charge in [-0.05, 0) is 38.5 Å². The highest BCUT2D eigenvalue weighted by Crippen LogP contribution is 2.25. The molecule has 0 aliphatic carbocycles. The number of carbonyl (C=O) groups excluding carboxylic acids is 1. The van der Waals surface area contributed by atoms with Gasteiger partial charge < -0.3 is 15.4 Å². The molecule has 3 N–H and O–H groups in total. The summed E-state index contributed by atoms with van der Waals surface area (Å²) >= 11 is 0. The average Bonchev–Trinajstić information content (AvgIpc) is 2.71. The van der Waals surface area contributed by atoms with Crippen LogP contribution < -0.4 is 15.4 Å². The molecule has 1 aliphatic heterocycles. The average molecular weight is 465 g/mol. The van der Waals surface area contributed by atoms with Crippen molar-refractivity contribution < 1.29 is 22.5 Å². The van der Waals surface area contributed by atoms with Gasteiger partial charge in [0.2, 0.25) is 0 Å². The molecule has 1 amide bonds. The van der Waals surface area contributed by atoms with E-state index in [0.29, 0.717) is 28.3 Å². The van der Waals surface area contributed by atoms with Gasteiger partial charge in [-0.15, -0.1) is 0 Å². The standard InChI is InChI=1S/C22H26F2N4O3S/c1-4-13(2)27-17-9-15(20(29)28-22(3)11-32(30)12-22)10-26-19(17)18(25)14-6-5-7-16(8-14)31-21(23)24/h5-10,13,21,25,27H,4,11-12H2,1-3H3,(H,28,29)/t13-,22?,32?/m0/s1. The monoisotopic (exact) mass is 464 g/mol. The molecule has 172 valence electrons. The number of nitrogens with one attached hydrogen (secondary N) is 3. The van der Waals surface area contributed by atoms with E-state index in [1.807, 2.05) is 20.8 Å². The highest BCUT2D eigenvalue weighted by molar-refractivity contribution is 7.86. The number of amides is 1. The van der Waals surface area contributed by atoms with Crippen molar-refractivity contribution in [2.45, 2.75) is 45.4 Å². The number of alkyl halides is 2. The lowest BCUT2D eigenvalue weighted by Gasteiger charge is -2.38. The fourth-order valence-electron chi connectivity index (χ4n) is 3.32. The van der Waals surface area contributed by atoms with E-state index in [9.17, 15) is 17.8 Å². The predicted molar refractivity (Wildman–Crippen MR) is 120 cm³/mol. The smallest absolute Gasteiger partial charge is 0.387 e. The van der Waals surface area contributed by atoms with E-state index in [1.54, 1.807) is 12.1 Å². The molecular weight excluding hydrogens is 438 g/mol. The van der Waals surface area contributed by atoms with Gasteiger partial charge in [-0.1, -0.05) is 19.1 Å². The van der Waals surface area contributed by atoms with Crippen molar-refractivity contribution in [3.05, 3.63) is 53.3 Å². The third-order valence-electron chi connectivity index (χ3n) is 5.12. The first-order chi connectivity index (χ1) is 15.1. The van der Waals surface area contributed by atoms with Crippen LogP contribution in [0.5, 0.6) is 5.75 Å². The second kappa shape index (κ2) is 9.72. The van der Waals surface area contributed by atoms with E-state index in [0.717, 1.165) is 6.42 Å². The summed E-state index contributed by atoms with van der Waals surface area (Å²) in [7, 11) is -0.913. The zero-order valence-corrected chi connectivity index (χ0v) is 18.9. The zero-order valence-electron chi connectivity index (χ0n) is 18.1. The van der Waals surface area contributed by atoms with Crippen molar-refractivity contribution in [2.24, 2.45) is 0 Å². The van der Waals surface area contributed by atoms with Crippen molar-refractivity contribution in [1.29, 1.82) is 5.41 Å². The van der Waals surface area contributed by atoms with E-state index in [2.05, 4.69) is 20.4 Å². The number of pyridine rings is 1. The molecule has 1 aromatic heterocycles. The van der Waals surface area contributed by atoms with Crippen LogP contribution in [0.15, 0.2) is 36.5 Å². The Labute approximate surface area is 187 Å². The van der Waals surface area contributed by atoms with E-state index in [1.165, 1.54) is 24.4 Å². The summed E-state index contributed by atoms with van der Waals surface area (Å²) in [6.45, 7) is 2.83. The molecule has 1 aliphatic rings. The zero-order chi connectivity index (χ0) is 23.5. The van der Waals surface area contributed by atoms with Gasteiger partial charge in [-0.3, -0.25) is 19.4 Å². The number of nitrogens with zero attached hydrogens (tertiary/aromatic N) is 1. The minimum absolute atomic E-state index is 0.00355. The van der Waals surface area contributed by atoms with Crippen LogP contribution in [0.2, 0.25) is 0 Å². The molecule has 1 aromatic carbocycles. The fraction of sp³-hybridized carbons (Fsp3) is 0.409. The van der Waals surface area contributed by atoms with E-state index < -0.39 is 22.9 Å². The lowest BCUT2D eigenvalue weighted by atomic mass is 10.0. The maximum Gasteiger partial charge on any atom is 0.387 e. The van der Waals surface area contributed by atoms with Crippen LogP contribution in [0.3, 0.4) is 0 Å². The molecule has 1 fully saturated rings. The summed E-state index contributed by atoms with van der Waals surface area (Å²) < 4.78 is 41.0. The molecule has 2 heterocycles. The Kier molecular flexibility index (Phi) is 7.22. The Hall–Kier alpha value is -2.88. The van der Waals surface area contributed by atoms with Gasteiger partial charge in [-0.25, -0.2) is 0 Å². The lowest BCUT2D eigenvalue weighted by molar-refractivity contribution is -0.0498. The van der Waals surface area contributed by atoms with Crippen LogP contribution in [-0.2, 0) is 10.8 Å². The SMILES string of the molecule is CC[C@H](C)Nc1cc(C(=O)NC2(C)CS(=O)C2)cnc1C(=N)c1cccc(OC(F)F)c1. The number of aromatic nitrogens is 1. The van der Waals surface area contributed by atoms with E-state index in [-0.39, 0.29) is 29.1 Å². The summed E-state index contributed by atoms with van der Waals surface area (Å²) in [5.41, 5.74) is 0.920. The topological polar surface area (TPSA) is 104 Å². The Morgan fingerprint density at radius 3 is 2.66 bits per heavy atom. The van der Waals surface area contributed by atoms with Crippen molar-refractivity contribution in [3.8, 4) is 5.75 Å². The van der Waals surface area contributed by atoms with Crippen LogP contribution in [0.1, 0.15) is 48.8 Å². The number of ether oxygens (including phenoxy) is 1. The van der Waals surface area contributed by atoms with Gasteiger partial charge in [0.05, 0.1) is 22.5 Å². The highest BCUT2D eigenvalue weighted by Gasteiger charge is 2.39. The number of hydrogen-bond acceptors (Lipinski definition) is 6. The maximum atomic E-state index is 12.7. The molecule has 32 heavy (non-hydrogen) atoms.